The number of methoxy groups -OCH3 is 1. The topological polar surface area (TPSA) is 87.2 Å². The van der Waals surface area contributed by atoms with Gasteiger partial charge in [-0.2, -0.15) is 4.31 Å². The molecule has 0 saturated carbocycles. The molecule has 2 heterocycles. The zero-order chi connectivity index (χ0) is 22.9. The Hall–Kier alpha value is -2.62. The van der Waals surface area contributed by atoms with Gasteiger partial charge in [-0.3, -0.25) is 9.59 Å². The van der Waals surface area contributed by atoms with E-state index in [2.05, 4.69) is 0 Å². The van der Waals surface area contributed by atoms with Gasteiger partial charge in [-0.05, 0) is 30.3 Å². The standard InChI is InChI=1S/C22H24ClN3O5S/c1-31-20-8-7-17(14-19(20)23)26-15-16(13-21(26)27)22(28)24-9-11-25(12-10-24)32(29,30)18-5-3-2-4-6-18/h2-8,14,16H,9-13,15H2,1H3/t16-/m0/s1. The molecule has 0 spiro atoms. The van der Waals surface area contributed by atoms with Crippen LogP contribution in [0.1, 0.15) is 6.42 Å². The number of hydrogen-bond donors (Lipinski definition) is 0. The van der Waals surface area contributed by atoms with Gasteiger partial charge in [-0.1, -0.05) is 29.8 Å². The Morgan fingerprint density at radius 3 is 2.38 bits per heavy atom. The van der Waals surface area contributed by atoms with E-state index in [0.29, 0.717) is 29.5 Å². The van der Waals surface area contributed by atoms with Crippen LogP contribution >= 0.6 is 11.6 Å². The highest BCUT2D eigenvalue weighted by Crippen LogP contribution is 2.33. The molecule has 0 N–H and O–H groups in total. The Bertz CT molecular complexity index is 1120. The number of carbonyl (C=O) groups is 2. The summed E-state index contributed by atoms with van der Waals surface area (Å²) in [5, 5.41) is 0.392. The first kappa shape index (κ1) is 22.6. The Labute approximate surface area is 192 Å². The van der Waals surface area contributed by atoms with E-state index in [9.17, 15) is 18.0 Å². The molecule has 0 aromatic heterocycles. The third-order valence-electron chi connectivity index (χ3n) is 5.85. The van der Waals surface area contributed by atoms with Crippen molar-refractivity contribution >= 4 is 39.1 Å². The highest BCUT2D eigenvalue weighted by atomic mass is 35.5. The lowest BCUT2D eigenvalue weighted by molar-refractivity contribution is -0.136. The minimum absolute atomic E-state index is 0.116. The summed E-state index contributed by atoms with van der Waals surface area (Å²) in [7, 11) is -2.07. The second-order valence-corrected chi connectivity index (χ2v) is 10.1. The first-order valence-electron chi connectivity index (χ1n) is 10.3. The zero-order valence-electron chi connectivity index (χ0n) is 17.6. The van der Waals surface area contributed by atoms with Gasteiger partial charge in [0.15, 0.2) is 0 Å². The molecule has 8 nitrogen and oxygen atoms in total. The number of nitrogens with zero attached hydrogens (tertiary/aromatic N) is 3. The number of halogens is 1. The number of carbonyl (C=O) groups excluding carboxylic acids is 2. The van der Waals surface area contributed by atoms with Crippen LogP contribution in [-0.2, 0) is 19.6 Å². The average Bonchev–Trinajstić information content (AvgIpc) is 3.20. The molecule has 0 radical (unpaired) electrons. The van der Waals surface area contributed by atoms with Crippen LogP contribution in [0.2, 0.25) is 5.02 Å². The van der Waals surface area contributed by atoms with Crippen LogP contribution in [0.25, 0.3) is 0 Å². The first-order valence-corrected chi connectivity index (χ1v) is 12.1. The molecule has 0 aliphatic carbocycles. The Kier molecular flexibility index (Phi) is 6.41. The summed E-state index contributed by atoms with van der Waals surface area (Å²) < 4.78 is 32.1. The number of anilines is 1. The highest BCUT2D eigenvalue weighted by molar-refractivity contribution is 7.89. The summed E-state index contributed by atoms with van der Waals surface area (Å²) in [6.07, 6.45) is 0.116. The van der Waals surface area contributed by atoms with Crippen molar-refractivity contribution in [3.63, 3.8) is 0 Å². The smallest absolute Gasteiger partial charge is 0.243 e. The van der Waals surface area contributed by atoms with Gasteiger partial charge in [0.1, 0.15) is 5.75 Å². The third kappa shape index (κ3) is 4.32. The number of amides is 2. The van der Waals surface area contributed by atoms with Crippen LogP contribution in [0.3, 0.4) is 0 Å². The van der Waals surface area contributed by atoms with E-state index >= 15 is 0 Å². The van der Waals surface area contributed by atoms with Crippen molar-refractivity contribution < 1.29 is 22.7 Å². The summed E-state index contributed by atoms with van der Waals surface area (Å²) in [5.41, 5.74) is 0.620. The summed E-state index contributed by atoms with van der Waals surface area (Å²) in [4.78, 5) is 29.1. The molecule has 32 heavy (non-hydrogen) atoms. The van der Waals surface area contributed by atoms with Gasteiger partial charge in [0.25, 0.3) is 0 Å². The van der Waals surface area contributed by atoms with Crippen molar-refractivity contribution in [1.29, 1.82) is 0 Å². The second-order valence-electron chi connectivity index (χ2n) is 7.77. The minimum atomic E-state index is -3.58. The van der Waals surface area contributed by atoms with Crippen molar-refractivity contribution in [3.8, 4) is 5.75 Å². The fourth-order valence-electron chi connectivity index (χ4n) is 4.09. The van der Waals surface area contributed by atoms with Crippen LogP contribution in [0.4, 0.5) is 5.69 Å². The molecule has 2 aromatic carbocycles. The van der Waals surface area contributed by atoms with Gasteiger partial charge in [-0.25, -0.2) is 8.42 Å². The predicted octanol–water partition coefficient (Wildman–Crippen LogP) is 2.23. The Morgan fingerprint density at radius 1 is 1.06 bits per heavy atom. The molecule has 2 aliphatic rings. The largest absolute Gasteiger partial charge is 0.495 e. The molecular formula is C22H24ClN3O5S. The van der Waals surface area contributed by atoms with Gasteiger partial charge in [0, 0.05) is 44.8 Å². The quantitative estimate of drug-likeness (QED) is 0.659. The lowest BCUT2D eigenvalue weighted by atomic mass is 10.1. The Morgan fingerprint density at radius 2 is 1.75 bits per heavy atom. The summed E-state index contributed by atoms with van der Waals surface area (Å²) >= 11 is 6.18. The van der Waals surface area contributed by atoms with Gasteiger partial charge >= 0.3 is 0 Å². The van der Waals surface area contributed by atoms with Crippen LogP contribution in [0, 0.1) is 5.92 Å². The highest BCUT2D eigenvalue weighted by Gasteiger charge is 2.39. The maximum atomic E-state index is 13.0. The Balaban J connectivity index is 1.39. The zero-order valence-corrected chi connectivity index (χ0v) is 19.2. The molecule has 0 bridgehead atoms. The van der Waals surface area contributed by atoms with Gasteiger partial charge in [0.2, 0.25) is 21.8 Å². The first-order chi connectivity index (χ1) is 15.3. The molecule has 2 amide bonds. The van der Waals surface area contributed by atoms with Crippen LogP contribution in [-0.4, -0.2) is 69.3 Å². The van der Waals surface area contributed by atoms with Gasteiger partial charge < -0.3 is 14.5 Å². The van der Waals surface area contributed by atoms with Gasteiger partial charge in [-0.15, -0.1) is 0 Å². The number of hydrogen-bond acceptors (Lipinski definition) is 5. The molecule has 2 fully saturated rings. The molecule has 4 rings (SSSR count). The van der Waals surface area contributed by atoms with Crippen molar-refractivity contribution in [3.05, 3.63) is 53.6 Å². The number of ether oxygens (including phenoxy) is 1. The average molecular weight is 478 g/mol. The van der Waals surface area contributed by atoms with E-state index in [1.54, 1.807) is 58.3 Å². The fraction of sp³-hybridized carbons (Fsp3) is 0.364. The molecular weight excluding hydrogens is 454 g/mol. The van der Waals surface area contributed by atoms with E-state index in [4.69, 9.17) is 16.3 Å². The SMILES string of the molecule is COc1ccc(N2C[C@@H](C(=O)N3CCN(S(=O)(=O)c4ccccc4)CC3)CC2=O)cc1Cl. The summed E-state index contributed by atoms with van der Waals surface area (Å²) in [5.74, 6) is -0.231. The molecule has 2 saturated heterocycles. The van der Waals surface area contributed by atoms with Crippen molar-refractivity contribution in [2.24, 2.45) is 5.92 Å². The minimum Gasteiger partial charge on any atom is -0.495 e. The van der Waals surface area contributed by atoms with Crippen molar-refractivity contribution in [2.75, 3.05) is 44.7 Å². The van der Waals surface area contributed by atoms with E-state index < -0.39 is 15.9 Å². The fourth-order valence-corrected chi connectivity index (χ4v) is 5.79. The second kappa shape index (κ2) is 9.09. The van der Waals surface area contributed by atoms with Crippen molar-refractivity contribution in [2.45, 2.75) is 11.3 Å². The molecule has 1 atom stereocenters. The van der Waals surface area contributed by atoms with E-state index in [1.807, 2.05) is 0 Å². The third-order valence-corrected chi connectivity index (χ3v) is 8.06. The maximum absolute atomic E-state index is 13.0. The van der Waals surface area contributed by atoms with E-state index in [-0.39, 0.29) is 42.8 Å². The van der Waals surface area contributed by atoms with Crippen LogP contribution in [0.5, 0.6) is 5.75 Å². The predicted molar refractivity (Wildman–Crippen MR) is 120 cm³/mol. The summed E-state index contributed by atoms with van der Waals surface area (Å²) in [6, 6.07) is 13.3. The molecule has 170 valence electrons. The van der Waals surface area contributed by atoms with Crippen LogP contribution < -0.4 is 9.64 Å². The van der Waals surface area contributed by atoms with Crippen molar-refractivity contribution in [1.82, 2.24) is 9.21 Å². The monoisotopic (exact) mass is 477 g/mol. The number of sulfonamides is 1. The normalized spacial score (nSPS) is 19.9. The van der Waals surface area contributed by atoms with Crippen LogP contribution in [0.15, 0.2) is 53.4 Å². The maximum Gasteiger partial charge on any atom is 0.243 e. The number of piperazine rings is 1. The van der Waals surface area contributed by atoms with E-state index in [1.165, 1.54) is 11.4 Å². The van der Waals surface area contributed by atoms with E-state index in [0.717, 1.165) is 0 Å². The molecule has 2 aliphatic heterocycles. The molecule has 10 heteroatoms. The lowest BCUT2D eigenvalue weighted by Gasteiger charge is -2.35. The summed E-state index contributed by atoms with van der Waals surface area (Å²) in [6.45, 7) is 1.31. The van der Waals surface area contributed by atoms with Gasteiger partial charge in [0.05, 0.1) is 22.9 Å². The number of benzene rings is 2. The number of rotatable bonds is 5. The molecule has 2 aromatic rings. The molecule has 0 unspecified atom stereocenters. The lowest BCUT2D eigenvalue weighted by Crippen LogP contribution is -2.52.